The predicted octanol–water partition coefficient (Wildman–Crippen LogP) is 4.30. The van der Waals surface area contributed by atoms with Crippen LogP contribution in [0.2, 0.25) is 0 Å². The fourth-order valence-corrected chi connectivity index (χ4v) is 5.11. The molecule has 0 radical (unpaired) electrons. The van der Waals surface area contributed by atoms with Crippen LogP contribution in [0.1, 0.15) is 41.1 Å². The summed E-state index contributed by atoms with van der Waals surface area (Å²) in [6, 6.07) is 23.4. The fourth-order valence-electron chi connectivity index (χ4n) is 4.60. The van der Waals surface area contributed by atoms with Crippen molar-refractivity contribution in [1.82, 2.24) is 4.98 Å². The first-order valence-electron chi connectivity index (χ1n) is 12.5. The molecule has 39 heavy (non-hydrogen) atoms. The number of hydrogen-bond acceptors (Lipinski definition) is 7. The minimum Gasteiger partial charge on any atom is -0.443 e. The zero-order valence-corrected chi connectivity index (χ0v) is 21.9. The summed E-state index contributed by atoms with van der Waals surface area (Å²) < 4.78 is 40.1. The standard InChI is InChI=1S/C30H28N2O6S/c31-39(34,35)26-11-9-24(10-12-26)29-28(32-21-38-29)27(23-6-2-1-3-7-23)13-16-37-20-22-5-4-8-25(19-22)30(33)14-17-36-18-15-30/h1-12,19,21,27,33H,14-15,17-18,20H2,(H2,31,34,35). The molecule has 0 saturated carbocycles. The van der Waals surface area contributed by atoms with E-state index in [4.69, 9.17) is 19.0 Å². The van der Waals surface area contributed by atoms with E-state index >= 15 is 0 Å². The van der Waals surface area contributed by atoms with Gasteiger partial charge in [0, 0.05) is 31.6 Å². The van der Waals surface area contributed by atoms with Crippen LogP contribution in [0.15, 0.2) is 94.6 Å². The average molecular weight is 545 g/mol. The van der Waals surface area contributed by atoms with Gasteiger partial charge in [-0.15, -0.1) is 0 Å². The van der Waals surface area contributed by atoms with Crippen molar-refractivity contribution in [3.63, 3.8) is 0 Å². The van der Waals surface area contributed by atoms with Crippen molar-refractivity contribution >= 4 is 10.0 Å². The molecule has 1 saturated heterocycles. The molecule has 1 unspecified atom stereocenters. The van der Waals surface area contributed by atoms with Crippen molar-refractivity contribution in [2.75, 3.05) is 13.2 Å². The summed E-state index contributed by atoms with van der Waals surface area (Å²) in [6.45, 7) is 1.31. The van der Waals surface area contributed by atoms with Crippen LogP contribution in [-0.4, -0.2) is 31.7 Å². The molecule has 1 atom stereocenters. The molecule has 1 aliphatic rings. The van der Waals surface area contributed by atoms with Gasteiger partial charge in [0.2, 0.25) is 10.0 Å². The molecule has 1 aromatic heterocycles. The van der Waals surface area contributed by atoms with E-state index in [-0.39, 0.29) is 11.5 Å². The van der Waals surface area contributed by atoms with Gasteiger partial charge in [0.25, 0.3) is 0 Å². The quantitative estimate of drug-likeness (QED) is 0.333. The van der Waals surface area contributed by atoms with Crippen LogP contribution < -0.4 is 5.14 Å². The number of aliphatic hydroxyl groups is 1. The van der Waals surface area contributed by atoms with Crippen LogP contribution >= 0.6 is 0 Å². The third-order valence-electron chi connectivity index (χ3n) is 6.74. The van der Waals surface area contributed by atoms with Gasteiger partial charge < -0.3 is 19.0 Å². The van der Waals surface area contributed by atoms with E-state index in [0.717, 1.165) is 16.7 Å². The van der Waals surface area contributed by atoms with Crippen molar-refractivity contribution in [2.45, 2.75) is 35.9 Å². The van der Waals surface area contributed by atoms with Gasteiger partial charge in [-0.2, -0.15) is 0 Å². The topological polar surface area (TPSA) is 125 Å². The van der Waals surface area contributed by atoms with E-state index in [0.29, 0.717) is 43.1 Å². The Hall–Kier alpha value is -3.94. The highest BCUT2D eigenvalue weighted by molar-refractivity contribution is 7.89. The second-order valence-corrected chi connectivity index (χ2v) is 10.9. The largest absolute Gasteiger partial charge is 0.443 e. The highest BCUT2D eigenvalue weighted by Gasteiger charge is 2.31. The van der Waals surface area contributed by atoms with Crippen molar-refractivity contribution in [3.8, 4) is 23.4 Å². The maximum Gasteiger partial charge on any atom is 0.238 e. The normalized spacial score (nSPS) is 15.6. The third kappa shape index (κ3) is 6.21. The molecule has 3 N–H and O–H groups in total. The predicted molar refractivity (Wildman–Crippen MR) is 145 cm³/mol. The molecule has 1 aliphatic heterocycles. The maximum absolute atomic E-state index is 11.6. The molecule has 0 spiro atoms. The summed E-state index contributed by atoms with van der Waals surface area (Å²) >= 11 is 0. The van der Waals surface area contributed by atoms with Crippen LogP contribution in [0, 0.1) is 12.0 Å². The first-order chi connectivity index (χ1) is 18.8. The number of nitrogens with two attached hydrogens (primary N) is 1. The Bertz CT molecular complexity index is 1580. The summed E-state index contributed by atoms with van der Waals surface area (Å²) in [5, 5.41) is 16.2. The Morgan fingerprint density at radius 2 is 1.77 bits per heavy atom. The molecule has 1 fully saturated rings. The Morgan fingerprint density at radius 1 is 1.03 bits per heavy atom. The second kappa shape index (κ2) is 11.4. The Kier molecular flexibility index (Phi) is 7.82. The molecule has 9 heteroatoms. The minimum absolute atomic E-state index is 0.00752. The van der Waals surface area contributed by atoms with E-state index in [1.165, 1.54) is 18.5 Å². The monoisotopic (exact) mass is 544 g/mol. The molecule has 5 rings (SSSR count). The van der Waals surface area contributed by atoms with E-state index < -0.39 is 21.5 Å². The Labute approximate surface area is 227 Å². The number of oxazole rings is 1. The summed E-state index contributed by atoms with van der Waals surface area (Å²) in [7, 11) is -3.81. The number of aromatic nitrogens is 1. The average Bonchev–Trinajstić information content (AvgIpc) is 3.43. The highest BCUT2D eigenvalue weighted by Crippen LogP contribution is 2.34. The number of nitrogens with zero attached hydrogens (tertiary/aromatic N) is 1. The van der Waals surface area contributed by atoms with Crippen molar-refractivity contribution in [2.24, 2.45) is 5.14 Å². The van der Waals surface area contributed by atoms with E-state index in [9.17, 15) is 13.5 Å². The van der Waals surface area contributed by atoms with Gasteiger partial charge in [0.1, 0.15) is 18.4 Å². The van der Waals surface area contributed by atoms with Crippen molar-refractivity contribution in [1.29, 1.82) is 0 Å². The summed E-state index contributed by atoms with van der Waals surface area (Å²) in [5.41, 5.74) is 2.96. The molecular weight excluding hydrogens is 516 g/mol. The Morgan fingerprint density at radius 3 is 2.49 bits per heavy atom. The first-order valence-corrected chi connectivity index (χ1v) is 14.0. The molecule has 3 aromatic carbocycles. The van der Waals surface area contributed by atoms with Gasteiger partial charge >= 0.3 is 0 Å². The highest BCUT2D eigenvalue weighted by atomic mass is 32.2. The smallest absolute Gasteiger partial charge is 0.238 e. The second-order valence-electron chi connectivity index (χ2n) is 9.36. The number of ether oxygens (including phenoxy) is 2. The molecule has 2 heterocycles. The van der Waals surface area contributed by atoms with Crippen molar-refractivity contribution < 1.29 is 27.4 Å². The zero-order valence-electron chi connectivity index (χ0n) is 21.1. The van der Waals surface area contributed by atoms with Crippen molar-refractivity contribution in [3.05, 3.63) is 108 Å². The lowest BCUT2D eigenvalue weighted by Gasteiger charge is -2.32. The lowest BCUT2D eigenvalue weighted by Crippen LogP contribution is -2.33. The molecule has 0 bridgehead atoms. The number of rotatable bonds is 7. The van der Waals surface area contributed by atoms with Crippen LogP contribution in [0.25, 0.3) is 11.3 Å². The van der Waals surface area contributed by atoms with Crippen LogP contribution in [0.4, 0.5) is 0 Å². The molecule has 4 aromatic rings. The van der Waals surface area contributed by atoms with E-state index in [1.807, 2.05) is 54.6 Å². The number of sulfonamides is 1. The van der Waals surface area contributed by atoms with E-state index in [1.54, 1.807) is 12.1 Å². The van der Waals surface area contributed by atoms with Gasteiger partial charge in [-0.1, -0.05) is 48.5 Å². The summed E-state index contributed by atoms with van der Waals surface area (Å²) in [5.74, 6) is 3.17. The lowest BCUT2D eigenvalue weighted by atomic mass is 9.86. The van der Waals surface area contributed by atoms with Crippen LogP contribution in [-0.2, 0) is 31.7 Å². The minimum atomic E-state index is -3.81. The fraction of sp³-hybridized carbons (Fsp3) is 0.233. The van der Waals surface area contributed by atoms with Crippen LogP contribution in [0.5, 0.6) is 0 Å². The van der Waals surface area contributed by atoms with Gasteiger partial charge in [-0.3, -0.25) is 0 Å². The van der Waals surface area contributed by atoms with Gasteiger partial charge in [0.05, 0.1) is 16.4 Å². The van der Waals surface area contributed by atoms with E-state index in [2.05, 4.69) is 17.0 Å². The molecule has 0 aliphatic carbocycles. The van der Waals surface area contributed by atoms with Gasteiger partial charge in [0.15, 0.2) is 12.2 Å². The number of primary sulfonamides is 1. The third-order valence-corrected chi connectivity index (χ3v) is 7.67. The SMILES string of the molecule is NS(=O)(=O)c1ccc(-c2ocnc2C(C#COCc2cccc(C3(O)CCOCC3)c2)c2ccccc2)cc1. The van der Waals surface area contributed by atoms with Gasteiger partial charge in [-0.05, 0) is 52.9 Å². The molecule has 8 nitrogen and oxygen atoms in total. The summed E-state index contributed by atoms with van der Waals surface area (Å²) in [6.07, 6.45) is 5.28. The Balaban J connectivity index is 1.38. The summed E-state index contributed by atoms with van der Waals surface area (Å²) in [4.78, 5) is 4.45. The molecular formula is C30H28N2O6S. The number of benzene rings is 3. The first kappa shape index (κ1) is 26.7. The van der Waals surface area contributed by atoms with Gasteiger partial charge in [-0.25, -0.2) is 18.5 Å². The van der Waals surface area contributed by atoms with Crippen LogP contribution in [0.3, 0.4) is 0 Å². The lowest BCUT2D eigenvalue weighted by molar-refractivity contribution is -0.0679. The molecule has 200 valence electrons. The maximum atomic E-state index is 11.6. The number of hydrogen-bond donors (Lipinski definition) is 2. The zero-order chi connectivity index (χ0) is 27.3. The molecule has 0 amide bonds.